The van der Waals surface area contributed by atoms with Crippen LogP contribution in [0.2, 0.25) is 0 Å². The first-order chi connectivity index (χ1) is 12.8. The third kappa shape index (κ3) is 3.91. The van der Waals surface area contributed by atoms with Crippen molar-refractivity contribution in [1.82, 2.24) is 4.98 Å². The second-order valence-electron chi connectivity index (χ2n) is 6.00. The van der Waals surface area contributed by atoms with Gasteiger partial charge >= 0.3 is 0 Å². The SMILES string of the molecule is Fc1cccc(Oc2ccccc2-c2csc(NC3=NCCCC3)n2)c1. The molecule has 0 bridgehead atoms. The van der Waals surface area contributed by atoms with Crippen molar-refractivity contribution in [1.29, 1.82) is 0 Å². The van der Waals surface area contributed by atoms with Gasteiger partial charge in [0, 0.05) is 30.0 Å². The standard InChI is InChI=1S/C20H18FN3OS/c21-14-6-5-7-15(12-14)25-18-9-2-1-8-16(18)17-13-26-20(23-17)24-19-10-3-4-11-22-19/h1-2,5-9,12-13H,3-4,10-11H2,(H,22,23,24). The zero-order chi connectivity index (χ0) is 17.8. The molecule has 1 aromatic heterocycles. The lowest BCUT2D eigenvalue weighted by molar-refractivity contribution is 0.478. The van der Waals surface area contributed by atoms with E-state index in [1.54, 1.807) is 12.1 Å². The van der Waals surface area contributed by atoms with Crippen LogP contribution in [0, 0.1) is 5.82 Å². The number of thiazole rings is 1. The number of nitrogens with zero attached hydrogens (tertiary/aromatic N) is 2. The fourth-order valence-corrected chi connectivity index (χ4v) is 3.53. The van der Waals surface area contributed by atoms with Crippen LogP contribution in [0.5, 0.6) is 11.5 Å². The summed E-state index contributed by atoms with van der Waals surface area (Å²) in [5, 5.41) is 6.12. The molecule has 0 spiro atoms. The highest BCUT2D eigenvalue weighted by Crippen LogP contribution is 2.35. The Bertz CT molecular complexity index is 938. The van der Waals surface area contributed by atoms with Crippen LogP contribution < -0.4 is 10.1 Å². The number of halogens is 1. The van der Waals surface area contributed by atoms with E-state index in [1.807, 2.05) is 29.6 Å². The average molecular weight is 367 g/mol. The van der Waals surface area contributed by atoms with E-state index in [0.717, 1.165) is 48.0 Å². The van der Waals surface area contributed by atoms with Gasteiger partial charge in [-0.05, 0) is 37.1 Å². The summed E-state index contributed by atoms with van der Waals surface area (Å²) in [5.41, 5.74) is 1.69. The van der Waals surface area contributed by atoms with Crippen LogP contribution in [0.4, 0.5) is 9.52 Å². The minimum Gasteiger partial charge on any atom is -0.457 e. The van der Waals surface area contributed by atoms with Crippen molar-refractivity contribution in [2.75, 3.05) is 11.9 Å². The molecule has 0 saturated carbocycles. The van der Waals surface area contributed by atoms with E-state index >= 15 is 0 Å². The molecule has 3 aromatic rings. The molecule has 1 N–H and O–H groups in total. The molecule has 0 radical (unpaired) electrons. The number of rotatable bonds is 4. The zero-order valence-corrected chi connectivity index (χ0v) is 14.9. The monoisotopic (exact) mass is 367 g/mol. The molecule has 0 unspecified atom stereocenters. The number of hydrogen-bond donors (Lipinski definition) is 1. The van der Waals surface area contributed by atoms with Crippen LogP contribution in [-0.2, 0) is 0 Å². The molecule has 4 rings (SSSR count). The summed E-state index contributed by atoms with van der Waals surface area (Å²) in [5.74, 6) is 1.78. The Labute approximate surface area is 155 Å². The first-order valence-electron chi connectivity index (χ1n) is 8.57. The molecular weight excluding hydrogens is 349 g/mol. The molecule has 0 aliphatic carbocycles. The Hall–Kier alpha value is -2.73. The highest BCUT2D eigenvalue weighted by Gasteiger charge is 2.13. The highest BCUT2D eigenvalue weighted by molar-refractivity contribution is 7.14. The van der Waals surface area contributed by atoms with Gasteiger partial charge < -0.3 is 10.1 Å². The smallest absolute Gasteiger partial charge is 0.188 e. The molecule has 2 heterocycles. The van der Waals surface area contributed by atoms with E-state index in [4.69, 9.17) is 4.74 Å². The van der Waals surface area contributed by atoms with Gasteiger partial charge in [0.05, 0.1) is 5.69 Å². The third-order valence-corrected chi connectivity index (χ3v) is 4.82. The number of aliphatic imine (C=N–C) groups is 1. The minimum absolute atomic E-state index is 0.326. The van der Waals surface area contributed by atoms with Gasteiger partial charge in [-0.15, -0.1) is 11.3 Å². The number of benzene rings is 2. The first kappa shape index (κ1) is 16.7. The quantitative estimate of drug-likeness (QED) is 0.640. The summed E-state index contributed by atoms with van der Waals surface area (Å²) in [6, 6.07) is 13.8. The van der Waals surface area contributed by atoms with Crippen molar-refractivity contribution in [3.8, 4) is 22.8 Å². The van der Waals surface area contributed by atoms with Crippen molar-refractivity contribution < 1.29 is 9.13 Å². The Morgan fingerprint density at radius 2 is 2.00 bits per heavy atom. The Morgan fingerprint density at radius 3 is 2.85 bits per heavy atom. The normalized spacial score (nSPS) is 14.0. The average Bonchev–Trinajstić information content (AvgIpc) is 3.11. The van der Waals surface area contributed by atoms with Crippen LogP contribution >= 0.6 is 11.3 Å². The van der Waals surface area contributed by atoms with Crippen molar-refractivity contribution in [3.05, 3.63) is 59.7 Å². The lowest BCUT2D eigenvalue weighted by atomic mass is 10.1. The Morgan fingerprint density at radius 1 is 1.08 bits per heavy atom. The van der Waals surface area contributed by atoms with Crippen LogP contribution in [0.25, 0.3) is 11.3 Å². The maximum atomic E-state index is 13.4. The van der Waals surface area contributed by atoms with Crippen LogP contribution in [0.1, 0.15) is 19.3 Å². The van der Waals surface area contributed by atoms with Gasteiger partial charge in [-0.1, -0.05) is 18.2 Å². The summed E-state index contributed by atoms with van der Waals surface area (Å²) < 4.78 is 19.3. The molecule has 2 aromatic carbocycles. The third-order valence-electron chi connectivity index (χ3n) is 4.07. The highest BCUT2D eigenvalue weighted by atomic mass is 32.1. The summed E-state index contributed by atoms with van der Waals surface area (Å²) in [7, 11) is 0. The van der Waals surface area contributed by atoms with Crippen molar-refractivity contribution >= 4 is 22.3 Å². The first-order valence-corrected chi connectivity index (χ1v) is 9.44. The number of aromatic nitrogens is 1. The molecule has 1 aliphatic rings. The number of nitrogens with one attached hydrogen (secondary N) is 1. The van der Waals surface area contributed by atoms with Gasteiger partial charge in [0.25, 0.3) is 0 Å². The second-order valence-corrected chi connectivity index (χ2v) is 6.86. The Kier molecular flexibility index (Phi) is 4.93. The topological polar surface area (TPSA) is 46.5 Å². The van der Waals surface area contributed by atoms with Gasteiger partial charge in [-0.2, -0.15) is 0 Å². The lowest BCUT2D eigenvalue weighted by Crippen LogP contribution is -2.15. The van der Waals surface area contributed by atoms with Crippen LogP contribution in [-0.4, -0.2) is 17.4 Å². The lowest BCUT2D eigenvalue weighted by Gasteiger charge is -2.12. The molecule has 0 amide bonds. The largest absolute Gasteiger partial charge is 0.457 e. The van der Waals surface area contributed by atoms with Gasteiger partial charge in [-0.3, -0.25) is 4.99 Å². The fourth-order valence-electron chi connectivity index (χ4n) is 2.80. The van der Waals surface area contributed by atoms with Gasteiger partial charge in [-0.25, -0.2) is 9.37 Å². The molecule has 6 heteroatoms. The van der Waals surface area contributed by atoms with E-state index in [1.165, 1.54) is 23.5 Å². The summed E-state index contributed by atoms with van der Waals surface area (Å²) in [6.45, 7) is 0.880. The van der Waals surface area contributed by atoms with E-state index in [2.05, 4.69) is 15.3 Å². The second kappa shape index (κ2) is 7.66. The molecule has 0 fully saturated rings. The summed E-state index contributed by atoms with van der Waals surface area (Å²) in [4.78, 5) is 9.17. The molecular formula is C20H18FN3OS. The van der Waals surface area contributed by atoms with Crippen molar-refractivity contribution in [2.45, 2.75) is 19.3 Å². The molecule has 4 nitrogen and oxygen atoms in total. The van der Waals surface area contributed by atoms with Crippen LogP contribution in [0.15, 0.2) is 58.9 Å². The molecule has 0 saturated heterocycles. The summed E-state index contributed by atoms with van der Waals surface area (Å²) >= 11 is 1.54. The van der Waals surface area contributed by atoms with Crippen molar-refractivity contribution in [2.24, 2.45) is 4.99 Å². The van der Waals surface area contributed by atoms with E-state index in [-0.39, 0.29) is 5.82 Å². The van der Waals surface area contributed by atoms with E-state index in [0.29, 0.717) is 11.5 Å². The summed E-state index contributed by atoms with van der Waals surface area (Å²) in [6.07, 6.45) is 3.28. The number of anilines is 1. The van der Waals surface area contributed by atoms with Gasteiger partial charge in [0.15, 0.2) is 5.13 Å². The molecule has 26 heavy (non-hydrogen) atoms. The van der Waals surface area contributed by atoms with Crippen LogP contribution in [0.3, 0.4) is 0 Å². The predicted octanol–water partition coefficient (Wildman–Crippen LogP) is 5.74. The van der Waals surface area contributed by atoms with E-state index in [9.17, 15) is 4.39 Å². The fraction of sp³-hybridized carbons (Fsp3) is 0.200. The number of para-hydroxylation sites is 1. The Balaban J connectivity index is 1.57. The molecule has 0 atom stereocenters. The maximum absolute atomic E-state index is 13.4. The minimum atomic E-state index is -0.326. The molecule has 1 aliphatic heterocycles. The zero-order valence-electron chi connectivity index (χ0n) is 14.1. The molecule has 132 valence electrons. The van der Waals surface area contributed by atoms with Gasteiger partial charge in [0.1, 0.15) is 23.2 Å². The van der Waals surface area contributed by atoms with E-state index < -0.39 is 0 Å². The van der Waals surface area contributed by atoms with Crippen molar-refractivity contribution in [3.63, 3.8) is 0 Å². The maximum Gasteiger partial charge on any atom is 0.188 e. The number of amidine groups is 1. The predicted molar refractivity (Wildman–Crippen MR) is 104 cm³/mol. The van der Waals surface area contributed by atoms with Gasteiger partial charge in [0.2, 0.25) is 0 Å². The number of ether oxygens (including phenoxy) is 1. The number of hydrogen-bond acceptors (Lipinski definition) is 5.